The molecule has 0 saturated carbocycles. The Balaban J connectivity index is 1.59. The highest BCUT2D eigenvalue weighted by Gasteiger charge is 2.15. The molecular weight excluding hydrogens is 502 g/mol. The summed E-state index contributed by atoms with van der Waals surface area (Å²) in [5, 5.41) is 13.2. The molecule has 3 aromatic rings. The smallest absolute Gasteiger partial charge is 0.250 e. The van der Waals surface area contributed by atoms with Crippen LogP contribution in [0.25, 0.3) is 17.5 Å². The summed E-state index contributed by atoms with van der Waals surface area (Å²) in [5.74, 6) is 1.41. The van der Waals surface area contributed by atoms with Gasteiger partial charge in [0.15, 0.2) is 11.0 Å². The molecule has 0 bridgehead atoms. The maximum atomic E-state index is 12.2. The van der Waals surface area contributed by atoms with Gasteiger partial charge in [0.2, 0.25) is 0 Å². The highest BCUT2D eigenvalue weighted by Crippen LogP contribution is 2.26. The standard InChI is InChI=1S/C24H24BrN5O2S/c1-17(2)15-30-23(19-10-12-20(25)13-11-19)28-29-24(30)33-16-22(31)27-26-14-6-8-18-7-4-5-9-21(18)32-3/h4-14H,1,15-16H2,2-3H3,(H,27,31)/b8-6+,26-14-. The number of hydrogen-bond donors (Lipinski definition) is 1. The number of carbonyl (C=O) groups excluding carboxylic acids is 1. The van der Waals surface area contributed by atoms with Crippen LogP contribution in [-0.4, -0.2) is 39.7 Å². The lowest BCUT2D eigenvalue weighted by Crippen LogP contribution is -2.19. The minimum absolute atomic E-state index is 0.155. The van der Waals surface area contributed by atoms with E-state index >= 15 is 0 Å². The van der Waals surface area contributed by atoms with E-state index in [1.54, 1.807) is 13.2 Å². The van der Waals surface area contributed by atoms with E-state index in [2.05, 4.69) is 43.2 Å². The zero-order chi connectivity index (χ0) is 23.6. The Hall–Kier alpha value is -3.17. The van der Waals surface area contributed by atoms with Crippen LogP contribution in [0.5, 0.6) is 5.75 Å². The van der Waals surface area contributed by atoms with Crippen molar-refractivity contribution in [3.05, 3.63) is 76.8 Å². The Morgan fingerprint density at radius 3 is 2.73 bits per heavy atom. The highest BCUT2D eigenvalue weighted by atomic mass is 79.9. The molecule has 1 heterocycles. The monoisotopic (exact) mass is 525 g/mol. The number of thioether (sulfide) groups is 1. The number of halogens is 1. The minimum atomic E-state index is -0.239. The number of nitrogens with zero attached hydrogens (tertiary/aromatic N) is 4. The van der Waals surface area contributed by atoms with Crippen LogP contribution in [0.2, 0.25) is 0 Å². The van der Waals surface area contributed by atoms with Crippen LogP contribution in [0, 0.1) is 0 Å². The van der Waals surface area contributed by atoms with E-state index in [1.165, 1.54) is 18.0 Å². The molecule has 0 aliphatic carbocycles. The average Bonchev–Trinajstić information content (AvgIpc) is 3.20. The van der Waals surface area contributed by atoms with Crippen molar-refractivity contribution in [3.8, 4) is 17.1 Å². The Kier molecular flexibility index (Phi) is 9.03. The average molecular weight is 526 g/mol. The van der Waals surface area contributed by atoms with Gasteiger partial charge in [-0.3, -0.25) is 9.36 Å². The lowest BCUT2D eigenvalue weighted by Gasteiger charge is -2.10. The lowest BCUT2D eigenvalue weighted by molar-refractivity contribution is -0.118. The van der Waals surface area contributed by atoms with Crippen LogP contribution in [-0.2, 0) is 11.3 Å². The molecule has 1 N–H and O–H groups in total. The number of carbonyl (C=O) groups is 1. The maximum Gasteiger partial charge on any atom is 0.250 e. The fourth-order valence-corrected chi connectivity index (χ4v) is 3.88. The third-order valence-electron chi connectivity index (χ3n) is 4.34. The van der Waals surface area contributed by atoms with Crippen molar-refractivity contribution in [3.63, 3.8) is 0 Å². The van der Waals surface area contributed by atoms with Gasteiger partial charge in [-0.15, -0.1) is 10.2 Å². The second-order valence-electron chi connectivity index (χ2n) is 7.06. The van der Waals surface area contributed by atoms with Gasteiger partial charge in [-0.05, 0) is 37.3 Å². The number of ether oxygens (including phenoxy) is 1. The predicted molar refractivity (Wildman–Crippen MR) is 137 cm³/mol. The van der Waals surface area contributed by atoms with Crippen molar-refractivity contribution in [1.82, 2.24) is 20.2 Å². The summed E-state index contributed by atoms with van der Waals surface area (Å²) < 4.78 is 8.24. The number of methoxy groups -OCH3 is 1. The first kappa shape index (κ1) is 24.5. The summed E-state index contributed by atoms with van der Waals surface area (Å²) in [6, 6.07) is 15.5. The van der Waals surface area contributed by atoms with Crippen molar-refractivity contribution >= 4 is 45.9 Å². The molecule has 0 aliphatic heterocycles. The fourth-order valence-electron chi connectivity index (χ4n) is 2.89. The molecule has 0 spiro atoms. The van der Waals surface area contributed by atoms with Gasteiger partial charge >= 0.3 is 0 Å². The molecule has 170 valence electrons. The molecule has 0 radical (unpaired) electrons. The number of rotatable bonds is 10. The number of para-hydroxylation sites is 1. The molecule has 0 unspecified atom stereocenters. The Morgan fingerprint density at radius 2 is 2.00 bits per heavy atom. The largest absolute Gasteiger partial charge is 0.496 e. The van der Waals surface area contributed by atoms with Crippen molar-refractivity contribution in [2.75, 3.05) is 12.9 Å². The highest BCUT2D eigenvalue weighted by molar-refractivity contribution is 9.10. The van der Waals surface area contributed by atoms with Gasteiger partial charge < -0.3 is 4.74 Å². The van der Waals surface area contributed by atoms with Gasteiger partial charge in [0, 0.05) is 28.4 Å². The molecule has 9 heteroatoms. The number of hydrazone groups is 1. The first-order chi connectivity index (χ1) is 16.0. The van der Waals surface area contributed by atoms with Gasteiger partial charge in [0.25, 0.3) is 5.91 Å². The van der Waals surface area contributed by atoms with E-state index in [-0.39, 0.29) is 11.7 Å². The third kappa shape index (κ3) is 7.16. The van der Waals surface area contributed by atoms with Crippen molar-refractivity contribution in [2.45, 2.75) is 18.6 Å². The molecule has 0 atom stereocenters. The number of allylic oxidation sites excluding steroid dienone is 2. The summed E-state index contributed by atoms with van der Waals surface area (Å²) in [4.78, 5) is 12.2. The zero-order valence-corrected chi connectivity index (χ0v) is 20.8. The van der Waals surface area contributed by atoms with Crippen molar-refractivity contribution in [2.24, 2.45) is 5.10 Å². The van der Waals surface area contributed by atoms with Crippen LogP contribution >= 0.6 is 27.7 Å². The Labute approximate surface area is 205 Å². The summed E-state index contributed by atoms with van der Waals surface area (Å²) in [6.07, 6.45) is 5.11. The molecule has 0 aliphatic rings. The summed E-state index contributed by atoms with van der Waals surface area (Å²) in [6.45, 7) is 6.51. The molecule has 1 aromatic heterocycles. The quantitative estimate of drug-likeness (QED) is 0.170. The first-order valence-electron chi connectivity index (χ1n) is 10.1. The molecule has 7 nitrogen and oxygen atoms in total. The van der Waals surface area contributed by atoms with E-state index in [1.807, 2.05) is 66.1 Å². The van der Waals surface area contributed by atoms with Gasteiger partial charge in [-0.2, -0.15) is 5.10 Å². The van der Waals surface area contributed by atoms with E-state index in [0.717, 1.165) is 32.7 Å². The van der Waals surface area contributed by atoms with Gasteiger partial charge in [-0.25, -0.2) is 5.43 Å². The molecule has 0 fully saturated rings. The molecule has 2 aromatic carbocycles. The molecule has 0 saturated heterocycles. The summed E-state index contributed by atoms with van der Waals surface area (Å²) in [5.41, 5.74) is 5.35. The fraction of sp³-hybridized carbons (Fsp3) is 0.167. The number of benzene rings is 2. The van der Waals surface area contributed by atoms with Crippen LogP contribution in [0.1, 0.15) is 12.5 Å². The van der Waals surface area contributed by atoms with Crippen LogP contribution in [0.4, 0.5) is 0 Å². The van der Waals surface area contributed by atoms with Crippen molar-refractivity contribution < 1.29 is 9.53 Å². The van der Waals surface area contributed by atoms with Gasteiger partial charge in [-0.1, -0.05) is 70.2 Å². The lowest BCUT2D eigenvalue weighted by atomic mass is 10.2. The first-order valence-corrected chi connectivity index (χ1v) is 11.8. The molecule has 3 rings (SSSR count). The summed E-state index contributed by atoms with van der Waals surface area (Å²) >= 11 is 4.74. The second-order valence-corrected chi connectivity index (χ2v) is 8.92. The number of aromatic nitrogens is 3. The van der Waals surface area contributed by atoms with Crippen molar-refractivity contribution in [1.29, 1.82) is 0 Å². The maximum absolute atomic E-state index is 12.2. The minimum Gasteiger partial charge on any atom is -0.496 e. The Bertz CT molecular complexity index is 1170. The van der Waals surface area contributed by atoms with Gasteiger partial charge in [0.05, 0.1) is 12.9 Å². The van der Waals surface area contributed by atoms with E-state index in [4.69, 9.17) is 4.74 Å². The molecule has 33 heavy (non-hydrogen) atoms. The van der Waals surface area contributed by atoms with E-state index in [0.29, 0.717) is 11.7 Å². The normalized spacial score (nSPS) is 11.2. The van der Waals surface area contributed by atoms with E-state index in [9.17, 15) is 4.79 Å². The van der Waals surface area contributed by atoms with Crippen LogP contribution in [0.3, 0.4) is 0 Å². The number of amides is 1. The van der Waals surface area contributed by atoms with Crippen LogP contribution in [0.15, 0.2) is 81.5 Å². The molecule has 1 amide bonds. The Morgan fingerprint density at radius 1 is 1.24 bits per heavy atom. The number of nitrogens with one attached hydrogen (secondary N) is 1. The number of hydrogen-bond acceptors (Lipinski definition) is 6. The predicted octanol–water partition coefficient (Wildman–Crippen LogP) is 5.20. The van der Waals surface area contributed by atoms with Gasteiger partial charge in [0.1, 0.15) is 5.75 Å². The topological polar surface area (TPSA) is 81.4 Å². The molecular formula is C24H24BrN5O2S. The summed E-state index contributed by atoms with van der Waals surface area (Å²) in [7, 11) is 1.62. The van der Waals surface area contributed by atoms with Crippen LogP contribution < -0.4 is 10.2 Å². The van der Waals surface area contributed by atoms with E-state index < -0.39 is 0 Å². The second kappa shape index (κ2) is 12.2. The SMILES string of the molecule is C=C(C)Cn1c(SCC(=O)N/N=C\C=C\c2ccccc2OC)nnc1-c1ccc(Br)cc1. The zero-order valence-electron chi connectivity index (χ0n) is 18.4. The third-order valence-corrected chi connectivity index (χ3v) is 5.84.